The molecule has 1 unspecified atom stereocenters. The van der Waals surface area contributed by atoms with Crippen molar-refractivity contribution in [3.05, 3.63) is 0 Å². The third-order valence-corrected chi connectivity index (χ3v) is 5.91. The van der Waals surface area contributed by atoms with E-state index >= 15 is 0 Å². The molecule has 2 aliphatic rings. The van der Waals surface area contributed by atoms with Gasteiger partial charge in [-0.1, -0.05) is 12.8 Å². The summed E-state index contributed by atoms with van der Waals surface area (Å²) in [6.45, 7) is 2.20. The van der Waals surface area contributed by atoms with Crippen molar-refractivity contribution < 1.29 is 13.2 Å². The number of carbonyl (C=O) groups is 1. The van der Waals surface area contributed by atoms with Crippen LogP contribution in [0, 0.1) is 0 Å². The fourth-order valence-corrected chi connectivity index (χ4v) is 4.55. The first-order valence-corrected chi connectivity index (χ1v) is 9.83. The van der Waals surface area contributed by atoms with Gasteiger partial charge in [-0.15, -0.1) is 24.0 Å². The summed E-state index contributed by atoms with van der Waals surface area (Å²) in [4.78, 5) is 18.1. The Labute approximate surface area is 155 Å². The van der Waals surface area contributed by atoms with Crippen molar-refractivity contribution in [3.8, 4) is 0 Å². The van der Waals surface area contributed by atoms with Gasteiger partial charge in [0.05, 0.1) is 18.1 Å². The molecule has 3 N–H and O–H groups in total. The van der Waals surface area contributed by atoms with Crippen LogP contribution in [0.25, 0.3) is 0 Å². The highest BCUT2D eigenvalue weighted by Crippen LogP contribution is 2.11. The summed E-state index contributed by atoms with van der Waals surface area (Å²) in [5.41, 5.74) is 5.97. The van der Waals surface area contributed by atoms with Crippen molar-refractivity contribution in [2.75, 3.05) is 31.1 Å². The summed E-state index contributed by atoms with van der Waals surface area (Å²) < 4.78 is 22.7. The molecular formula is C14H27IN4O3S. The number of hydrogen-bond donors (Lipinski definition) is 2. The van der Waals surface area contributed by atoms with Crippen LogP contribution in [0.4, 0.5) is 0 Å². The normalized spacial score (nSPS) is 24.6. The molecule has 2 saturated heterocycles. The van der Waals surface area contributed by atoms with Gasteiger partial charge in [-0.25, -0.2) is 8.42 Å². The number of likely N-dealkylation sites (tertiary alicyclic amines) is 1. The fraction of sp³-hybridized carbons (Fsp3) is 0.857. The number of halogens is 1. The molecule has 0 bridgehead atoms. The number of hydrogen-bond acceptors (Lipinski definition) is 4. The molecule has 2 aliphatic heterocycles. The lowest BCUT2D eigenvalue weighted by Gasteiger charge is -2.21. The molecule has 1 amide bonds. The Morgan fingerprint density at radius 3 is 2.43 bits per heavy atom. The number of rotatable bonds is 4. The minimum absolute atomic E-state index is 0. The molecule has 0 saturated carbocycles. The first-order valence-electron chi connectivity index (χ1n) is 8.01. The topological polar surface area (TPSA) is 105 Å². The van der Waals surface area contributed by atoms with Crippen molar-refractivity contribution in [1.29, 1.82) is 0 Å². The van der Waals surface area contributed by atoms with Crippen molar-refractivity contribution in [1.82, 2.24) is 10.2 Å². The lowest BCUT2D eigenvalue weighted by Crippen LogP contribution is -2.38. The van der Waals surface area contributed by atoms with Gasteiger partial charge in [-0.3, -0.25) is 9.79 Å². The maximum Gasteiger partial charge on any atom is 0.222 e. The summed E-state index contributed by atoms with van der Waals surface area (Å²) in [7, 11) is -2.96. The standard InChI is InChI=1S/C14H26N4O3S.HI/c15-14(18-8-3-1-2-4-9-18)16-7-5-13(19)17-12-6-10-22(20,21)11-12;/h12H,1-11H2,(H2,15,16)(H,17,19);1H. The first-order chi connectivity index (χ1) is 10.5. The molecule has 2 fully saturated rings. The van der Waals surface area contributed by atoms with Gasteiger partial charge in [0.15, 0.2) is 15.8 Å². The quantitative estimate of drug-likeness (QED) is 0.363. The van der Waals surface area contributed by atoms with E-state index in [-0.39, 0.29) is 53.9 Å². The van der Waals surface area contributed by atoms with Crippen LogP contribution in [-0.2, 0) is 14.6 Å². The molecule has 7 nitrogen and oxygen atoms in total. The average Bonchev–Trinajstić information content (AvgIpc) is 2.68. The molecule has 0 radical (unpaired) electrons. The minimum Gasteiger partial charge on any atom is -0.370 e. The maximum atomic E-state index is 11.8. The van der Waals surface area contributed by atoms with E-state index in [2.05, 4.69) is 15.2 Å². The highest BCUT2D eigenvalue weighted by Gasteiger charge is 2.28. The number of nitrogens with one attached hydrogen (secondary N) is 1. The van der Waals surface area contributed by atoms with E-state index < -0.39 is 9.84 Å². The average molecular weight is 458 g/mol. The third kappa shape index (κ3) is 7.23. The van der Waals surface area contributed by atoms with Crippen molar-refractivity contribution >= 4 is 45.7 Å². The van der Waals surface area contributed by atoms with E-state index in [1.54, 1.807) is 0 Å². The Hall–Kier alpha value is -0.580. The molecule has 134 valence electrons. The lowest BCUT2D eigenvalue weighted by atomic mass is 10.2. The van der Waals surface area contributed by atoms with Crippen LogP contribution in [0.5, 0.6) is 0 Å². The van der Waals surface area contributed by atoms with Gasteiger partial charge in [-0.2, -0.15) is 0 Å². The number of aliphatic imine (C=N–C) groups is 1. The van der Waals surface area contributed by atoms with Crippen LogP contribution in [0.2, 0.25) is 0 Å². The first kappa shape index (κ1) is 20.5. The summed E-state index contributed by atoms with van der Waals surface area (Å²) in [5, 5.41) is 2.76. The van der Waals surface area contributed by atoms with Gasteiger partial charge >= 0.3 is 0 Å². The predicted octanol–water partition coefficient (Wildman–Crippen LogP) is 0.488. The zero-order valence-corrected chi connectivity index (χ0v) is 16.5. The van der Waals surface area contributed by atoms with E-state index in [4.69, 9.17) is 5.73 Å². The van der Waals surface area contributed by atoms with E-state index in [0.29, 0.717) is 18.9 Å². The minimum atomic E-state index is -2.96. The van der Waals surface area contributed by atoms with E-state index in [9.17, 15) is 13.2 Å². The summed E-state index contributed by atoms with van der Waals surface area (Å²) in [6, 6.07) is -0.246. The number of nitrogens with two attached hydrogens (primary N) is 1. The van der Waals surface area contributed by atoms with Gasteiger partial charge in [0, 0.05) is 25.6 Å². The molecule has 23 heavy (non-hydrogen) atoms. The van der Waals surface area contributed by atoms with Crippen LogP contribution in [-0.4, -0.2) is 62.4 Å². The van der Waals surface area contributed by atoms with Gasteiger partial charge < -0.3 is 16.0 Å². The van der Waals surface area contributed by atoms with E-state index in [1.165, 1.54) is 12.8 Å². The number of carbonyl (C=O) groups excluding carboxylic acids is 1. The molecule has 0 aliphatic carbocycles. The lowest BCUT2D eigenvalue weighted by molar-refractivity contribution is -0.121. The van der Waals surface area contributed by atoms with E-state index in [1.807, 2.05) is 0 Å². The van der Waals surface area contributed by atoms with Crippen molar-refractivity contribution in [3.63, 3.8) is 0 Å². The molecule has 0 aromatic heterocycles. The highest BCUT2D eigenvalue weighted by atomic mass is 127. The molecule has 1 atom stereocenters. The fourth-order valence-electron chi connectivity index (χ4n) is 2.88. The van der Waals surface area contributed by atoms with E-state index in [0.717, 1.165) is 25.9 Å². The van der Waals surface area contributed by atoms with Crippen LogP contribution in [0.3, 0.4) is 0 Å². The van der Waals surface area contributed by atoms with Crippen LogP contribution in [0.15, 0.2) is 4.99 Å². The monoisotopic (exact) mass is 458 g/mol. The van der Waals surface area contributed by atoms with Crippen LogP contribution in [0.1, 0.15) is 38.5 Å². The molecule has 0 aromatic rings. The van der Waals surface area contributed by atoms with Crippen molar-refractivity contribution in [2.45, 2.75) is 44.6 Å². The van der Waals surface area contributed by atoms with Gasteiger partial charge in [0.1, 0.15) is 0 Å². The summed E-state index contributed by atoms with van der Waals surface area (Å²) in [6.07, 6.45) is 5.48. The Bertz CT molecular complexity index is 516. The Balaban J connectivity index is 0.00000264. The van der Waals surface area contributed by atoms with Crippen LogP contribution < -0.4 is 11.1 Å². The Morgan fingerprint density at radius 2 is 1.87 bits per heavy atom. The molecule has 0 spiro atoms. The second-order valence-electron chi connectivity index (χ2n) is 6.06. The molecule has 9 heteroatoms. The third-order valence-electron chi connectivity index (χ3n) is 4.14. The molecule has 2 rings (SSSR count). The number of sulfone groups is 1. The SMILES string of the molecule is I.NC(=NCCC(=O)NC1CCS(=O)(=O)C1)N1CCCCCC1. The van der Waals surface area contributed by atoms with Crippen molar-refractivity contribution in [2.24, 2.45) is 10.7 Å². The second-order valence-corrected chi connectivity index (χ2v) is 8.29. The van der Waals surface area contributed by atoms with Gasteiger partial charge in [0.2, 0.25) is 5.91 Å². The summed E-state index contributed by atoms with van der Waals surface area (Å²) >= 11 is 0. The van der Waals surface area contributed by atoms with Gasteiger partial charge in [0.25, 0.3) is 0 Å². The Kier molecular flexibility index (Phi) is 8.59. The smallest absolute Gasteiger partial charge is 0.222 e. The second kappa shape index (κ2) is 9.65. The highest BCUT2D eigenvalue weighted by molar-refractivity contribution is 14.0. The Morgan fingerprint density at radius 1 is 1.22 bits per heavy atom. The summed E-state index contributed by atoms with van der Waals surface area (Å²) in [5.74, 6) is 0.573. The number of amides is 1. The zero-order valence-electron chi connectivity index (χ0n) is 13.4. The molecule has 2 heterocycles. The zero-order chi connectivity index (χ0) is 16.0. The maximum absolute atomic E-state index is 11.8. The van der Waals surface area contributed by atoms with Crippen LogP contribution >= 0.6 is 24.0 Å². The largest absolute Gasteiger partial charge is 0.370 e. The number of guanidine groups is 1. The predicted molar refractivity (Wildman–Crippen MR) is 102 cm³/mol. The van der Waals surface area contributed by atoms with Gasteiger partial charge in [-0.05, 0) is 19.3 Å². The molecule has 0 aromatic carbocycles. The number of nitrogens with zero attached hydrogens (tertiary/aromatic N) is 2. The molecular weight excluding hydrogens is 431 g/mol.